The Bertz CT molecular complexity index is 703. The molecule has 5 atom stereocenters. The zero-order valence-corrected chi connectivity index (χ0v) is 16.6. The first kappa shape index (κ1) is 25.9. The zero-order chi connectivity index (χ0) is 24.1. The molecule has 4 N–H and O–H groups in total. The third-order valence-corrected chi connectivity index (χ3v) is 4.69. The molecule has 32 heavy (non-hydrogen) atoms. The highest BCUT2D eigenvalue weighted by atomic mass is 19.4. The number of unbranched alkanes of at least 4 members (excludes halogenated alkanes) is 1. The van der Waals surface area contributed by atoms with Gasteiger partial charge in [-0.25, -0.2) is 4.79 Å². The first-order chi connectivity index (χ1) is 15.0. The Labute approximate surface area is 179 Å². The van der Waals surface area contributed by atoms with E-state index in [1.54, 1.807) is 0 Å². The number of imide groups is 1. The fourth-order valence-corrected chi connectivity index (χ4v) is 2.99. The average Bonchev–Trinajstić information content (AvgIpc) is 3.03. The van der Waals surface area contributed by atoms with E-state index in [0.717, 1.165) is 0 Å². The highest BCUT2D eigenvalue weighted by Gasteiger charge is 2.49. The van der Waals surface area contributed by atoms with Gasteiger partial charge in [-0.15, -0.1) is 5.06 Å². The van der Waals surface area contributed by atoms with Crippen molar-refractivity contribution in [3.05, 3.63) is 0 Å². The van der Waals surface area contributed by atoms with Crippen molar-refractivity contribution >= 4 is 23.7 Å². The van der Waals surface area contributed by atoms with Crippen LogP contribution >= 0.6 is 0 Å². The van der Waals surface area contributed by atoms with Crippen LogP contribution in [0.3, 0.4) is 0 Å². The number of ether oxygens (including phenoxy) is 2. The molecule has 2 fully saturated rings. The monoisotopic (exact) mass is 472 g/mol. The third kappa shape index (κ3) is 6.59. The summed E-state index contributed by atoms with van der Waals surface area (Å²) in [5, 5.41) is 31.0. The van der Waals surface area contributed by atoms with E-state index in [1.807, 2.05) is 0 Å². The Balaban J connectivity index is 1.83. The molecule has 2 aliphatic heterocycles. The highest BCUT2D eigenvalue weighted by Crippen LogP contribution is 2.24. The number of aliphatic hydroxyl groups excluding tert-OH is 3. The molecule has 0 radical (unpaired) electrons. The second kappa shape index (κ2) is 11.0. The Hall–Kier alpha value is -2.33. The smallest absolute Gasteiger partial charge is 0.394 e. The van der Waals surface area contributed by atoms with Gasteiger partial charge in [0.05, 0.1) is 6.61 Å². The number of carbonyl (C=O) groups is 4. The summed E-state index contributed by atoms with van der Waals surface area (Å²) in [6, 6.07) is -1.79. The molecule has 4 unspecified atom stereocenters. The second-order valence-electron chi connectivity index (χ2n) is 7.08. The number of amides is 3. The Kier molecular flexibility index (Phi) is 8.91. The Morgan fingerprint density at radius 2 is 1.75 bits per heavy atom. The summed E-state index contributed by atoms with van der Waals surface area (Å²) in [5.41, 5.74) is 0. The number of carbonyl (C=O) groups excluding carboxylic acids is 4. The fourth-order valence-electron chi connectivity index (χ4n) is 2.99. The van der Waals surface area contributed by atoms with Crippen molar-refractivity contribution in [2.45, 2.75) is 68.9 Å². The molecule has 0 aliphatic carbocycles. The van der Waals surface area contributed by atoms with Crippen LogP contribution in [0.2, 0.25) is 0 Å². The van der Waals surface area contributed by atoms with Gasteiger partial charge in [0, 0.05) is 25.9 Å². The number of hydrogen-bond donors (Lipinski definition) is 4. The number of hydrogen-bond acceptors (Lipinski definition) is 10. The van der Waals surface area contributed by atoms with Crippen LogP contribution in [0.4, 0.5) is 13.2 Å². The van der Waals surface area contributed by atoms with E-state index < -0.39 is 67.1 Å². The summed E-state index contributed by atoms with van der Waals surface area (Å²) in [6.07, 6.45) is -12.0. The molecule has 0 saturated carbocycles. The van der Waals surface area contributed by atoms with Crippen LogP contribution in [-0.4, -0.2) is 94.1 Å². The van der Waals surface area contributed by atoms with Gasteiger partial charge in [-0.3, -0.25) is 14.4 Å². The maximum atomic E-state index is 12.6. The molecular weight excluding hydrogens is 449 g/mol. The minimum absolute atomic E-state index is 0.0528. The minimum Gasteiger partial charge on any atom is -0.394 e. The van der Waals surface area contributed by atoms with E-state index in [9.17, 15) is 47.7 Å². The van der Waals surface area contributed by atoms with Crippen LogP contribution in [0, 0.1) is 0 Å². The molecule has 2 rings (SSSR count). The van der Waals surface area contributed by atoms with E-state index >= 15 is 0 Å². The number of nitrogens with zero attached hydrogens (tertiary/aromatic N) is 1. The molecule has 0 spiro atoms. The van der Waals surface area contributed by atoms with Gasteiger partial charge in [-0.1, -0.05) is 0 Å². The number of rotatable bonds is 9. The van der Waals surface area contributed by atoms with Crippen molar-refractivity contribution in [1.29, 1.82) is 0 Å². The number of nitrogens with one attached hydrogen (secondary N) is 1. The topological polar surface area (TPSA) is 172 Å². The molecule has 3 amide bonds. The van der Waals surface area contributed by atoms with Gasteiger partial charge in [0.15, 0.2) is 6.29 Å². The summed E-state index contributed by atoms with van der Waals surface area (Å²) >= 11 is 0. The van der Waals surface area contributed by atoms with Gasteiger partial charge in [0.2, 0.25) is 0 Å². The first-order valence-corrected chi connectivity index (χ1v) is 9.64. The predicted octanol–water partition coefficient (Wildman–Crippen LogP) is -1.73. The second-order valence-corrected chi connectivity index (χ2v) is 7.08. The molecule has 0 aromatic rings. The van der Waals surface area contributed by atoms with Crippen LogP contribution in [0.25, 0.3) is 0 Å². The van der Waals surface area contributed by atoms with Gasteiger partial charge >= 0.3 is 18.1 Å². The number of alkyl halides is 3. The Morgan fingerprint density at radius 1 is 1.12 bits per heavy atom. The van der Waals surface area contributed by atoms with Crippen molar-refractivity contribution in [3.8, 4) is 0 Å². The maximum absolute atomic E-state index is 12.6. The molecule has 0 aromatic carbocycles. The SMILES string of the molecule is O=C(CCCCOC1OC(CO)[C@H](O)C(O)C1NC(=O)C(F)(F)F)ON1C(=O)CCC1=O. The van der Waals surface area contributed by atoms with Crippen molar-refractivity contribution in [2.24, 2.45) is 0 Å². The summed E-state index contributed by atoms with van der Waals surface area (Å²) in [7, 11) is 0. The summed E-state index contributed by atoms with van der Waals surface area (Å²) in [6.45, 7) is -0.989. The van der Waals surface area contributed by atoms with Crippen LogP contribution in [0.5, 0.6) is 0 Å². The number of hydroxylamine groups is 2. The lowest BCUT2D eigenvalue weighted by molar-refractivity contribution is -0.272. The molecule has 12 nitrogen and oxygen atoms in total. The van der Waals surface area contributed by atoms with Crippen molar-refractivity contribution in [1.82, 2.24) is 10.4 Å². The molecule has 2 aliphatic rings. The van der Waals surface area contributed by atoms with Gasteiger partial charge in [0.1, 0.15) is 24.4 Å². The van der Waals surface area contributed by atoms with E-state index in [2.05, 4.69) is 4.84 Å². The molecule has 2 heterocycles. The molecule has 0 bridgehead atoms. The predicted molar refractivity (Wildman–Crippen MR) is 92.7 cm³/mol. The van der Waals surface area contributed by atoms with E-state index in [1.165, 1.54) is 5.32 Å². The van der Waals surface area contributed by atoms with Crippen molar-refractivity contribution in [3.63, 3.8) is 0 Å². The molecule has 182 valence electrons. The lowest BCUT2D eigenvalue weighted by Crippen LogP contribution is -2.65. The molecule has 15 heteroatoms. The van der Waals surface area contributed by atoms with Crippen LogP contribution < -0.4 is 5.32 Å². The largest absolute Gasteiger partial charge is 0.471 e. The van der Waals surface area contributed by atoms with Crippen molar-refractivity contribution in [2.75, 3.05) is 13.2 Å². The standard InChI is InChI=1S/C17H23F3N2O10/c18-17(19,20)16(29)21-12-14(28)13(27)8(7-23)31-15(12)30-6-2-1-3-11(26)32-22-9(24)4-5-10(22)25/h8,12-15,23,27-28H,1-7H2,(H,21,29)/t8?,12?,13-,14?,15?/m0/s1. The summed E-state index contributed by atoms with van der Waals surface area (Å²) in [5.74, 6) is -4.50. The van der Waals surface area contributed by atoms with Gasteiger partial charge < -0.3 is 34.9 Å². The highest BCUT2D eigenvalue weighted by molar-refractivity contribution is 6.01. The summed E-state index contributed by atoms with van der Waals surface area (Å²) in [4.78, 5) is 50.4. The van der Waals surface area contributed by atoms with Crippen LogP contribution in [0.15, 0.2) is 0 Å². The fraction of sp³-hybridized carbons (Fsp3) is 0.765. The molecular formula is C17H23F3N2O10. The van der Waals surface area contributed by atoms with E-state index in [0.29, 0.717) is 5.06 Å². The minimum atomic E-state index is -5.26. The van der Waals surface area contributed by atoms with Crippen LogP contribution in [-0.2, 0) is 33.5 Å². The maximum Gasteiger partial charge on any atom is 0.471 e. The average molecular weight is 472 g/mol. The third-order valence-electron chi connectivity index (χ3n) is 4.69. The number of halogens is 3. The molecule has 2 saturated heterocycles. The first-order valence-electron chi connectivity index (χ1n) is 9.64. The van der Waals surface area contributed by atoms with Gasteiger partial charge in [-0.2, -0.15) is 13.2 Å². The normalized spacial score (nSPS) is 28.7. The van der Waals surface area contributed by atoms with Gasteiger partial charge in [0.25, 0.3) is 11.8 Å². The lowest BCUT2D eigenvalue weighted by Gasteiger charge is -2.42. The van der Waals surface area contributed by atoms with Crippen molar-refractivity contribution < 1.29 is 62.0 Å². The van der Waals surface area contributed by atoms with E-state index in [4.69, 9.17) is 9.47 Å². The van der Waals surface area contributed by atoms with Gasteiger partial charge in [-0.05, 0) is 12.8 Å². The zero-order valence-electron chi connectivity index (χ0n) is 16.6. The quantitative estimate of drug-likeness (QED) is 0.223. The lowest BCUT2D eigenvalue weighted by atomic mass is 9.97. The van der Waals surface area contributed by atoms with E-state index in [-0.39, 0.29) is 38.7 Å². The van der Waals surface area contributed by atoms with Crippen LogP contribution in [0.1, 0.15) is 32.1 Å². The Morgan fingerprint density at radius 3 is 2.31 bits per heavy atom. The molecule has 0 aromatic heterocycles. The summed E-state index contributed by atoms with van der Waals surface area (Å²) < 4.78 is 48.1. The number of aliphatic hydroxyl groups is 3.